The zero-order valence-corrected chi connectivity index (χ0v) is 8.95. The average molecular weight is 223 g/mol. The highest BCUT2D eigenvalue weighted by atomic mass is 16.2. The average Bonchev–Trinajstić information content (AvgIpc) is 2.64. The first-order chi connectivity index (χ1) is 8.31. The first-order valence-electron chi connectivity index (χ1n) is 5.02. The Morgan fingerprint density at radius 2 is 2.06 bits per heavy atom. The van der Waals surface area contributed by atoms with Crippen LogP contribution in [-0.2, 0) is 0 Å². The molecule has 0 saturated heterocycles. The Kier molecular flexibility index (Phi) is 3.13. The molecule has 0 aromatic heterocycles. The van der Waals surface area contributed by atoms with Crippen LogP contribution in [0, 0.1) is 11.3 Å². The fraction of sp³-hybridized carbons (Fsp3) is 0. The number of rotatable bonds is 1. The minimum absolute atomic E-state index is 0.231. The van der Waals surface area contributed by atoms with Crippen LogP contribution in [0.2, 0.25) is 0 Å². The summed E-state index contributed by atoms with van der Waals surface area (Å²) in [6, 6.07) is 10.8. The highest BCUT2D eigenvalue weighted by Gasteiger charge is 2.12. The number of nitriles is 1. The molecule has 0 spiro atoms. The Balaban J connectivity index is 2.22. The number of carbonyl (C=O) groups excluding carboxylic acids is 1. The summed E-state index contributed by atoms with van der Waals surface area (Å²) in [5.41, 5.74) is 0.958. The van der Waals surface area contributed by atoms with E-state index in [0.29, 0.717) is 11.1 Å². The summed E-state index contributed by atoms with van der Waals surface area (Å²) >= 11 is 0. The van der Waals surface area contributed by atoms with E-state index in [1.165, 1.54) is 17.4 Å². The Hall–Kier alpha value is -2.67. The largest absolute Gasteiger partial charge is 0.278 e. The third-order valence-electron chi connectivity index (χ3n) is 2.18. The maximum absolute atomic E-state index is 12.0. The second-order valence-corrected chi connectivity index (χ2v) is 3.34. The molecule has 82 valence electrons. The number of nitrogens with zero attached hydrogens (tertiary/aromatic N) is 3. The summed E-state index contributed by atoms with van der Waals surface area (Å²) in [6.07, 6.45) is 6.10. The first kappa shape index (κ1) is 10.8. The molecule has 1 aliphatic heterocycles. The summed E-state index contributed by atoms with van der Waals surface area (Å²) in [5.74, 6) is -0.231. The molecule has 2 rings (SSSR count). The molecule has 17 heavy (non-hydrogen) atoms. The number of carbonyl (C=O) groups is 1. The van der Waals surface area contributed by atoms with Gasteiger partial charge in [-0.25, -0.2) is 5.01 Å². The molecule has 0 atom stereocenters. The van der Waals surface area contributed by atoms with Gasteiger partial charge in [0, 0.05) is 11.8 Å². The molecule has 4 heteroatoms. The number of allylic oxidation sites excluding steroid dienone is 3. The predicted molar refractivity (Wildman–Crippen MR) is 63.9 cm³/mol. The zero-order valence-electron chi connectivity index (χ0n) is 8.95. The van der Waals surface area contributed by atoms with Gasteiger partial charge in [0.15, 0.2) is 0 Å². The second-order valence-electron chi connectivity index (χ2n) is 3.34. The molecule has 0 unspecified atom stereocenters. The predicted octanol–water partition coefficient (Wildman–Crippen LogP) is 2.09. The third kappa shape index (κ3) is 2.47. The van der Waals surface area contributed by atoms with Gasteiger partial charge in [0.25, 0.3) is 5.91 Å². The normalized spacial score (nSPS) is 13.8. The van der Waals surface area contributed by atoms with Crippen molar-refractivity contribution in [1.82, 2.24) is 5.01 Å². The van der Waals surface area contributed by atoms with Crippen LogP contribution < -0.4 is 0 Å². The summed E-state index contributed by atoms with van der Waals surface area (Å²) in [6.45, 7) is 0. The van der Waals surface area contributed by atoms with Gasteiger partial charge >= 0.3 is 0 Å². The van der Waals surface area contributed by atoms with Crippen LogP contribution in [0.15, 0.2) is 59.4 Å². The Morgan fingerprint density at radius 1 is 1.29 bits per heavy atom. The van der Waals surface area contributed by atoms with Gasteiger partial charge in [-0.2, -0.15) is 10.4 Å². The first-order valence-corrected chi connectivity index (χ1v) is 5.02. The monoisotopic (exact) mass is 223 g/mol. The lowest BCUT2D eigenvalue weighted by atomic mass is 10.2. The molecule has 0 N–H and O–H groups in total. The number of amides is 1. The van der Waals surface area contributed by atoms with Crippen molar-refractivity contribution in [3.63, 3.8) is 0 Å². The number of benzene rings is 1. The SMILES string of the molecule is N#CC1=CC=CN(C(=O)c2ccccc2)N=C1. The van der Waals surface area contributed by atoms with E-state index in [1.807, 2.05) is 12.1 Å². The molecule has 1 amide bonds. The topological polar surface area (TPSA) is 56.5 Å². The Labute approximate surface area is 98.8 Å². The maximum atomic E-state index is 12.0. The van der Waals surface area contributed by atoms with Crippen LogP contribution in [0.25, 0.3) is 0 Å². The van der Waals surface area contributed by atoms with Crippen LogP contribution in [0.3, 0.4) is 0 Å². The molecule has 0 aliphatic carbocycles. The molecule has 4 nitrogen and oxygen atoms in total. The maximum Gasteiger partial charge on any atom is 0.278 e. The van der Waals surface area contributed by atoms with E-state index in [2.05, 4.69) is 5.10 Å². The molecular weight excluding hydrogens is 214 g/mol. The van der Waals surface area contributed by atoms with Gasteiger partial charge in [-0.05, 0) is 24.3 Å². The van der Waals surface area contributed by atoms with Gasteiger partial charge in [0.2, 0.25) is 0 Å². The van der Waals surface area contributed by atoms with Gasteiger partial charge in [-0.1, -0.05) is 18.2 Å². The minimum Gasteiger partial charge on any atom is -0.267 e. The van der Waals surface area contributed by atoms with E-state index in [-0.39, 0.29) is 5.91 Å². The van der Waals surface area contributed by atoms with Crippen molar-refractivity contribution < 1.29 is 4.79 Å². The van der Waals surface area contributed by atoms with Gasteiger partial charge in [-0.15, -0.1) is 0 Å². The van der Waals surface area contributed by atoms with Crippen LogP contribution >= 0.6 is 0 Å². The summed E-state index contributed by atoms with van der Waals surface area (Å²) < 4.78 is 0. The highest BCUT2D eigenvalue weighted by Crippen LogP contribution is 2.08. The summed E-state index contributed by atoms with van der Waals surface area (Å²) in [7, 11) is 0. The highest BCUT2D eigenvalue weighted by molar-refractivity contribution is 5.96. The molecule has 1 aromatic carbocycles. The summed E-state index contributed by atoms with van der Waals surface area (Å²) in [5, 5.41) is 13.8. The fourth-order valence-electron chi connectivity index (χ4n) is 1.33. The molecule has 0 saturated carbocycles. The fourth-order valence-corrected chi connectivity index (χ4v) is 1.33. The molecule has 1 heterocycles. The van der Waals surface area contributed by atoms with Crippen molar-refractivity contribution in [2.24, 2.45) is 5.10 Å². The van der Waals surface area contributed by atoms with Crippen LogP contribution in [0.5, 0.6) is 0 Å². The molecule has 1 aromatic rings. The van der Waals surface area contributed by atoms with Crippen LogP contribution in [-0.4, -0.2) is 17.1 Å². The molecule has 0 radical (unpaired) electrons. The van der Waals surface area contributed by atoms with E-state index in [4.69, 9.17) is 5.26 Å². The van der Waals surface area contributed by atoms with Gasteiger partial charge in [0.1, 0.15) is 6.07 Å². The van der Waals surface area contributed by atoms with Gasteiger partial charge < -0.3 is 0 Å². The van der Waals surface area contributed by atoms with E-state index in [9.17, 15) is 4.79 Å². The van der Waals surface area contributed by atoms with Crippen molar-refractivity contribution in [1.29, 1.82) is 5.26 Å². The number of hydrogen-bond acceptors (Lipinski definition) is 3. The third-order valence-corrected chi connectivity index (χ3v) is 2.18. The Bertz CT molecular complexity index is 550. The number of hydrazone groups is 1. The van der Waals surface area contributed by atoms with Crippen molar-refractivity contribution in [3.8, 4) is 6.07 Å². The summed E-state index contributed by atoms with van der Waals surface area (Å²) in [4.78, 5) is 12.0. The molecular formula is C13H9N3O. The lowest BCUT2D eigenvalue weighted by molar-refractivity contribution is 0.0827. The van der Waals surface area contributed by atoms with E-state index < -0.39 is 0 Å². The molecule has 1 aliphatic rings. The standard InChI is InChI=1S/C13H9N3O/c14-9-11-5-4-8-16(15-10-11)13(17)12-6-2-1-3-7-12/h1-8,10H. The van der Waals surface area contributed by atoms with Crippen molar-refractivity contribution in [2.45, 2.75) is 0 Å². The van der Waals surface area contributed by atoms with E-state index >= 15 is 0 Å². The molecule has 0 bridgehead atoms. The Morgan fingerprint density at radius 3 is 2.76 bits per heavy atom. The van der Waals surface area contributed by atoms with E-state index in [1.54, 1.807) is 36.4 Å². The second kappa shape index (κ2) is 4.90. The van der Waals surface area contributed by atoms with Crippen molar-refractivity contribution in [3.05, 3.63) is 59.8 Å². The van der Waals surface area contributed by atoms with Gasteiger partial charge in [0.05, 0.1) is 11.8 Å². The number of hydrogen-bond donors (Lipinski definition) is 0. The van der Waals surface area contributed by atoms with Gasteiger partial charge in [-0.3, -0.25) is 4.79 Å². The van der Waals surface area contributed by atoms with E-state index in [0.717, 1.165) is 0 Å². The van der Waals surface area contributed by atoms with Crippen molar-refractivity contribution >= 4 is 12.1 Å². The zero-order chi connectivity index (χ0) is 12.1. The van der Waals surface area contributed by atoms with Crippen molar-refractivity contribution in [2.75, 3.05) is 0 Å². The smallest absolute Gasteiger partial charge is 0.267 e. The van der Waals surface area contributed by atoms with Crippen LogP contribution in [0.1, 0.15) is 10.4 Å². The lowest BCUT2D eigenvalue weighted by Gasteiger charge is -2.10. The minimum atomic E-state index is -0.231. The van der Waals surface area contributed by atoms with Crippen LogP contribution in [0.4, 0.5) is 0 Å². The quantitative estimate of drug-likeness (QED) is 0.732. The lowest BCUT2D eigenvalue weighted by Crippen LogP contribution is -2.19. The molecule has 0 fully saturated rings.